The maximum Gasteiger partial charge on any atom is 0.237 e. The molecule has 0 spiro atoms. The van der Waals surface area contributed by atoms with E-state index in [1.54, 1.807) is 18.2 Å². The number of nitrogens with zero attached hydrogens (tertiary/aromatic N) is 1. The van der Waals surface area contributed by atoms with Crippen LogP contribution >= 0.6 is 15.9 Å². The smallest absolute Gasteiger partial charge is 0.237 e. The molecule has 0 aliphatic rings. The van der Waals surface area contributed by atoms with Crippen LogP contribution in [0.3, 0.4) is 0 Å². The predicted molar refractivity (Wildman–Crippen MR) is 64.9 cm³/mol. The van der Waals surface area contributed by atoms with Gasteiger partial charge in [0.1, 0.15) is 5.75 Å². The lowest BCUT2D eigenvalue weighted by atomic mass is 10.4. The second-order valence-electron chi connectivity index (χ2n) is 3.48. The van der Waals surface area contributed by atoms with Crippen molar-refractivity contribution in [3.8, 4) is 0 Å². The van der Waals surface area contributed by atoms with Crippen molar-refractivity contribution < 1.29 is 13.2 Å². The summed E-state index contributed by atoms with van der Waals surface area (Å²) in [4.78, 5) is 12.8. The van der Waals surface area contributed by atoms with E-state index in [9.17, 15) is 13.2 Å². The fourth-order valence-corrected chi connectivity index (χ4v) is 3.48. The SMILES string of the molecule is CN(C)C(=O)CS(=O)(=O)c1ccccc1Br. The zero-order valence-electron chi connectivity index (χ0n) is 8.97. The Hall–Kier alpha value is -0.880. The zero-order valence-corrected chi connectivity index (χ0v) is 11.4. The summed E-state index contributed by atoms with van der Waals surface area (Å²) >= 11 is 3.15. The number of hydrogen-bond acceptors (Lipinski definition) is 3. The lowest BCUT2D eigenvalue weighted by Crippen LogP contribution is -2.29. The molecule has 0 aliphatic carbocycles. The summed E-state index contributed by atoms with van der Waals surface area (Å²) in [6.07, 6.45) is 0. The van der Waals surface area contributed by atoms with Crippen LogP contribution in [0, 0.1) is 0 Å². The summed E-state index contributed by atoms with van der Waals surface area (Å²) in [6, 6.07) is 6.45. The molecule has 1 aromatic carbocycles. The third-order valence-corrected chi connectivity index (χ3v) is 4.59. The van der Waals surface area contributed by atoms with Crippen molar-refractivity contribution in [2.24, 2.45) is 0 Å². The second-order valence-corrected chi connectivity index (χ2v) is 6.29. The van der Waals surface area contributed by atoms with E-state index in [1.165, 1.54) is 25.1 Å². The van der Waals surface area contributed by atoms with E-state index in [0.717, 1.165) is 0 Å². The Kier molecular flexibility index (Phi) is 4.09. The van der Waals surface area contributed by atoms with E-state index < -0.39 is 21.5 Å². The maximum atomic E-state index is 11.9. The van der Waals surface area contributed by atoms with Crippen LogP contribution in [0.25, 0.3) is 0 Å². The first kappa shape index (κ1) is 13.2. The van der Waals surface area contributed by atoms with E-state index in [2.05, 4.69) is 15.9 Å². The standard InChI is InChI=1S/C10H12BrNO3S/c1-12(2)10(13)7-16(14,15)9-6-4-3-5-8(9)11/h3-6H,7H2,1-2H3. The summed E-state index contributed by atoms with van der Waals surface area (Å²) < 4.78 is 24.3. The van der Waals surface area contributed by atoms with Crippen LogP contribution in [0.1, 0.15) is 0 Å². The molecule has 0 saturated carbocycles. The quantitative estimate of drug-likeness (QED) is 0.846. The van der Waals surface area contributed by atoms with Crippen molar-refractivity contribution in [3.63, 3.8) is 0 Å². The molecule has 0 radical (unpaired) electrons. The van der Waals surface area contributed by atoms with Crippen molar-refractivity contribution in [3.05, 3.63) is 28.7 Å². The first-order valence-corrected chi connectivity index (χ1v) is 6.96. The molecule has 1 aromatic rings. The van der Waals surface area contributed by atoms with E-state index in [-0.39, 0.29) is 4.90 Å². The molecule has 0 bridgehead atoms. The molecule has 0 aliphatic heterocycles. The minimum absolute atomic E-state index is 0.144. The van der Waals surface area contributed by atoms with Crippen LogP contribution in [0.15, 0.2) is 33.6 Å². The summed E-state index contributed by atoms with van der Waals surface area (Å²) in [5, 5.41) is 0. The summed E-state index contributed by atoms with van der Waals surface area (Å²) in [6.45, 7) is 0. The summed E-state index contributed by atoms with van der Waals surface area (Å²) in [5.74, 6) is -0.946. The van der Waals surface area contributed by atoms with Gasteiger partial charge in [-0.05, 0) is 28.1 Å². The first-order chi connectivity index (χ1) is 7.34. The summed E-state index contributed by atoms with van der Waals surface area (Å²) in [7, 11) is -0.522. The molecule has 16 heavy (non-hydrogen) atoms. The third kappa shape index (κ3) is 3.05. The summed E-state index contributed by atoms with van der Waals surface area (Å²) in [5.41, 5.74) is 0. The highest BCUT2D eigenvalue weighted by Gasteiger charge is 2.22. The van der Waals surface area contributed by atoms with Gasteiger partial charge in [0, 0.05) is 18.6 Å². The molecule has 0 unspecified atom stereocenters. The topological polar surface area (TPSA) is 54.5 Å². The van der Waals surface area contributed by atoms with Gasteiger partial charge in [-0.15, -0.1) is 0 Å². The molecule has 1 amide bonds. The molecule has 0 aromatic heterocycles. The van der Waals surface area contributed by atoms with Crippen molar-refractivity contribution in [1.82, 2.24) is 4.90 Å². The monoisotopic (exact) mass is 305 g/mol. The van der Waals surface area contributed by atoms with Crippen LogP contribution < -0.4 is 0 Å². The van der Waals surface area contributed by atoms with Gasteiger partial charge >= 0.3 is 0 Å². The van der Waals surface area contributed by atoms with Gasteiger partial charge in [-0.3, -0.25) is 4.79 Å². The van der Waals surface area contributed by atoms with Gasteiger partial charge in [-0.25, -0.2) is 8.42 Å². The Morgan fingerprint density at radius 3 is 2.38 bits per heavy atom. The first-order valence-electron chi connectivity index (χ1n) is 4.52. The highest BCUT2D eigenvalue weighted by atomic mass is 79.9. The fourth-order valence-electron chi connectivity index (χ4n) is 1.07. The molecule has 4 nitrogen and oxygen atoms in total. The van der Waals surface area contributed by atoms with Crippen LogP contribution in [0.5, 0.6) is 0 Å². The largest absolute Gasteiger partial charge is 0.348 e. The molecule has 0 atom stereocenters. The normalized spacial score (nSPS) is 11.2. The average Bonchev–Trinajstić information content (AvgIpc) is 2.17. The van der Waals surface area contributed by atoms with Gasteiger partial charge < -0.3 is 4.90 Å². The number of hydrogen-bond donors (Lipinski definition) is 0. The molecule has 0 N–H and O–H groups in total. The molecular weight excluding hydrogens is 294 g/mol. The highest BCUT2D eigenvalue weighted by molar-refractivity contribution is 9.10. The Bertz CT molecular complexity index is 497. The number of benzene rings is 1. The van der Waals surface area contributed by atoms with Crippen LogP contribution in [0.4, 0.5) is 0 Å². The fraction of sp³-hybridized carbons (Fsp3) is 0.300. The molecule has 0 saturated heterocycles. The Morgan fingerprint density at radius 1 is 1.31 bits per heavy atom. The number of carbonyl (C=O) groups is 1. The molecule has 6 heteroatoms. The lowest BCUT2D eigenvalue weighted by Gasteiger charge is -2.11. The van der Waals surface area contributed by atoms with Gasteiger partial charge in [0.15, 0.2) is 9.84 Å². The van der Waals surface area contributed by atoms with Crippen molar-refractivity contribution >= 4 is 31.7 Å². The van der Waals surface area contributed by atoms with Crippen LogP contribution in [-0.4, -0.2) is 39.1 Å². The molecule has 1 rings (SSSR count). The Morgan fingerprint density at radius 2 is 1.88 bits per heavy atom. The lowest BCUT2D eigenvalue weighted by molar-refractivity contribution is -0.125. The minimum Gasteiger partial charge on any atom is -0.348 e. The van der Waals surface area contributed by atoms with Gasteiger partial charge in [0.25, 0.3) is 0 Å². The molecule has 0 heterocycles. The highest BCUT2D eigenvalue weighted by Crippen LogP contribution is 2.22. The molecule has 88 valence electrons. The van der Waals surface area contributed by atoms with E-state index in [1.807, 2.05) is 0 Å². The second kappa shape index (κ2) is 4.97. The van der Waals surface area contributed by atoms with E-state index >= 15 is 0 Å². The van der Waals surface area contributed by atoms with Gasteiger partial charge in [-0.2, -0.15) is 0 Å². The molecular formula is C10H12BrNO3S. The van der Waals surface area contributed by atoms with E-state index in [4.69, 9.17) is 0 Å². The van der Waals surface area contributed by atoms with Crippen LogP contribution in [0.2, 0.25) is 0 Å². The van der Waals surface area contributed by atoms with Crippen molar-refractivity contribution in [1.29, 1.82) is 0 Å². The molecule has 0 fully saturated rings. The number of amides is 1. The van der Waals surface area contributed by atoms with Crippen LogP contribution in [-0.2, 0) is 14.6 Å². The van der Waals surface area contributed by atoms with Gasteiger partial charge in [-0.1, -0.05) is 12.1 Å². The zero-order chi connectivity index (χ0) is 12.3. The Balaban J connectivity index is 3.05. The van der Waals surface area contributed by atoms with Crippen molar-refractivity contribution in [2.45, 2.75) is 4.90 Å². The van der Waals surface area contributed by atoms with Gasteiger partial charge in [0.05, 0.1) is 4.90 Å². The third-order valence-electron chi connectivity index (χ3n) is 1.98. The average molecular weight is 306 g/mol. The Labute approximate surface area is 103 Å². The van der Waals surface area contributed by atoms with Crippen molar-refractivity contribution in [2.75, 3.05) is 19.8 Å². The predicted octanol–water partition coefficient (Wildman–Crippen LogP) is 1.31. The number of carbonyl (C=O) groups excluding carboxylic acids is 1. The number of halogens is 1. The number of sulfone groups is 1. The van der Waals surface area contributed by atoms with Gasteiger partial charge in [0.2, 0.25) is 5.91 Å². The number of rotatable bonds is 3. The maximum absolute atomic E-state index is 11.9. The van der Waals surface area contributed by atoms with E-state index in [0.29, 0.717) is 4.47 Å². The minimum atomic E-state index is -3.57.